The number of anilines is 1. The number of aromatic nitrogens is 3. The molecule has 2 atom stereocenters. The van der Waals surface area contributed by atoms with Gasteiger partial charge in [0.2, 0.25) is 5.91 Å². The van der Waals surface area contributed by atoms with Gasteiger partial charge in [-0.25, -0.2) is 31.9 Å². The number of fused-ring (bicyclic) bond motifs is 1. The highest BCUT2D eigenvalue weighted by Crippen LogP contribution is 2.36. The minimum Gasteiger partial charge on any atom is -0.359 e. The second kappa shape index (κ2) is 9.91. The summed E-state index contributed by atoms with van der Waals surface area (Å²) in [5, 5.41) is 3.09. The zero-order valence-electron chi connectivity index (χ0n) is 20.0. The van der Waals surface area contributed by atoms with Crippen molar-refractivity contribution >= 4 is 22.6 Å². The van der Waals surface area contributed by atoms with Crippen LogP contribution in [0.25, 0.3) is 10.9 Å². The number of nitrogens with one attached hydrogen (secondary N) is 1. The average molecular weight is 521 g/mol. The Labute approximate surface area is 208 Å². The lowest BCUT2D eigenvalue weighted by Crippen LogP contribution is -2.48. The average Bonchev–Trinajstić information content (AvgIpc) is 3.29. The van der Waals surface area contributed by atoms with E-state index in [0.717, 1.165) is 16.7 Å². The van der Waals surface area contributed by atoms with Crippen LogP contribution in [0.15, 0.2) is 47.9 Å². The molecule has 7 nitrogen and oxygen atoms in total. The van der Waals surface area contributed by atoms with Crippen LogP contribution in [0.3, 0.4) is 0 Å². The predicted molar refractivity (Wildman–Crippen MR) is 127 cm³/mol. The molecule has 196 valence electrons. The van der Waals surface area contributed by atoms with Crippen LogP contribution in [-0.2, 0) is 10.3 Å². The van der Waals surface area contributed by atoms with Gasteiger partial charge in [0.15, 0.2) is 0 Å². The summed E-state index contributed by atoms with van der Waals surface area (Å²) in [5.41, 5.74) is -3.46. The molecular formula is C25H24F5N5O2. The molecule has 3 aromatic rings. The van der Waals surface area contributed by atoms with Gasteiger partial charge in [-0.2, -0.15) is 0 Å². The van der Waals surface area contributed by atoms with Gasteiger partial charge in [0.05, 0.1) is 22.5 Å². The van der Waals surface area contributed by atoms with Gasteiger partial charge < -0.3 is 14.8 Å². The van der Waals surface area contributed by atoms with Crippen molar-refractivity contribution in [2.24, 2.45) is 0 Å². The van der Waals surface area contributed by atoms with Crippen LogP contribution in [0.4, 0.5) is 27.8 Å². The van der Waals surface area contributed by atoms with Gasteiger partial charge in [-0.3, -0.25) is 9.59 Å². The van der Waals surface area contributed by atoms with Gasteiger partial charge in [-0.15, -0.1) is 6.58 Å². The molecule has 2 aromatic heterocycles. The fourth-order valence-electron chi connectivity index (χ4n) is 4.63. The van der Waals surface area contributed by atoms with E-state index < -0.39 is 41.4 Å². The normalized spacial score (nSPS) is 18.6. The first-order valence-corrected chi connectivity index (χ1v) is 11.4. The highest BCUT2D eigenvalue weighted by molar-refractivity contribution is 5.88. The van der Waals surface area contributed by atoms with E-state index in [1.54, 1.807) is 6.92 Å². The molecule has 1 aromatic carbocycles. The number of aryl methyl sites for hydroxylation is 1. The number of pyridine rings is 1. The van der Waals surface area contributed by atoms with Gasteiger partial charge in [0, 0.05) is 37.8 Å². The number of nitrogens with zero attached hydrogens (tertiary/aromatic N) is 4. The Bertz CT molecular complexity index is 1430. The van der Waals surface area contributed by atoms with Crippen LogP contribution in [0.5, 0.6) is 0 Å². The Balaban J connectivity index is 1.85. The molecule has 0 spiro atoms. The molecule has 0 aliphatic carbocycles. The van der Waals surface area contributed by atoms with Crippen molar-refractivity contribution in [3.63, 3.8) is 0 Å². The summed E-state index contributed by atoms with van der Waals surface area (Å²) in [6.45, 7) is 6.15. The molecule has 0 radical (unpaired) electrons. The topological polar surface area (TPSA) is 80.1 Å². The van der Waals surface area contributed by atoms with Crippen molar-refractivity contribution in [3.8, 4) is 0 Å². The number of carbonyl (C=O) groups excluding carboxylic acids is 1. The molecule has 4 rings (SSSR count). The van der Waals surface area contributed by atoms with Crippen LogP contribution in [0, 0.1) is 12.7 Å². The van der Waals surface area contributed by atoms with E-state index in [4.69, 9.17) is 0 Å². The quantitative estimate of drug-likeness (QED) is 0.359. The number of hydrogen-bond acceptors (Lipinski definition) is 5. The van der Waals surface area contributed by atoms with E-state index in [1.807, 2.05) is 0 Å². The van der Waals surface area contributed by atoms with Crippen LogP contribution in [0.1, 0.15) is 42.8 Å². The number of alkyl halides is 4. The maximum Gasteiger partial charge on any atom is 0.266 e. The third-order valence-electron chi connectivity index (χ3n) is 6.61. The van der Waals surface area contributed by atoms with Crippen molar-refractivity contribution in [1.29, 1.82) is 0 Å². The van der Waals surface area contributed by atoms with Gasteiger partial charge in [-0.05, 0) is 13.3 Å². The molecule has 37 heavy (non-hydrogen) atoms. The van der Waals surface area contributed by atoms with Crippen LogP contribution >= 0.6 is 0 Å². The second-order valence-electron chi connectivity index (χ2n) is 8.90. The molecule has 1 saturated heterocycles. The smallest absolute Gasteiger partial charge is 0.266 e. The lowest BCUT2D eigenvalue weighted by Gasteiger charge is -2.31. The molecule has 1 aliphatic rings. The molecule has 0 saturated carbocycles. The van der Waals surface area contributed by atoms with Crippen molar-refractivity contribution in [1.82, 2.24) is 19.4 Å². The summed E-state index contributed by atoms with van der Waals surface area (Å²) in [4.78, 5) is 34.6. The molecule has 0 unspecified atom stereocenters. The van der Waals surface area contributed by atoms with Crippen LogP contribution in [0.2, 0.25) is 0 Å². The summed E-state index contributed by atoms with van der Waals surface area (Å²) in [7, 11) is 0. The monoisotopic (exact) mass is 521 g/mol. The molecular weight excluding hydrogens is 497 g/mol. The van der Waals surface area contributed by atoms with Crippen molar-refractivity contribution in [2.45, 2.75) is 44.7 Å². The van der Waals surface area contributed by atoms with Crippen molar-refractivity contribution in [2.75, 3.05) is 18.4 Å². The maximum atomic E-state index is 14.9. The third-order valence-corrected chi connectivity index (χ3v) is 6.61. The fraction of sp³-hybridized carbons (Fsp3) is 0.360. The van der Waals surface area contributed by atoms with Gasteiger partial charge >= 0.3 is 0 Å². The first-order valence-electron chi connectivity index (χ1n) is 11.4. The molecule has 1 N–H and O–H groups in total. The number of halogens is 5. The third kappa shape index (κ3) is 4.67. The lowest BCUT2D eigenvalue weighted by atomic mass is 9.98. The highest BCUT2D eigenvalue weighted by Gasteiger charge is 2.49. The molecule has 1 amide bonds. The number of benzene rings is 1. The Morgan fingerprint density at radius 3 is 2.51 bits per heavy atom. The second-order valence-corrected chi connectivity index (χ2v) is 8.90. The number of likely N-dealkylation sites (tertiary alicyclic amines) is 1. The molecule has 0 bridgehead atoms. The minimum absolute atomic E-state index is 0.0535. The molecule has 12 heteroatoms. The zero-order valence-corrected chi connectivity index (χ0v) is 20.0. The number of hydrogen-bond donors (Lipinski definition) is 1. The first kappa shape index (κ1) is 26.2. The number of amides is 1. The highest BCUT2D eigenvalue weighted by atomic mass is 19.3. The summed E-state index contributed by atoms with van der Waals surface area (Å²) in [5.74, 6) is -1.22. The Kier molecular flexibility index (Phi) is 7.03. The van der Waals surface area contributed by atoms with Gasteiger partial charge in [-0.1, -0.05) is 24.3 Å². The first-order chi connectivity index (χ1) is 17.5. The summed E-state index contributed by atoms with van der Waals surface area (Å²) in [6.07, 6.45) is -3.67. The van der Waals surface area contributed by atoms with Gasteiger partial charge in [0.1, 0.15) is 23.0 Å². The van der Waals surface area contributed by atoms with Crippen LogP contribution < -0.4 is 10.9 Å². The minimum atomic E-state index is -3.03. The van der Waals surface area contributed by atoms with E-state index in [-0.39, 0.29) is 53.5 Å². The van der Waals surface area contributed by atoms with E-state index in [9.17, 15) is 31.5 Å². The molecule has 3 heterocycles. The fourth-order valence-corrected chi connectivity index (χ4v) is 4.63. The summed E-state index contributed by atoms with van der Waals surface area (Å²) in [6, 6.07) is 3.64. The van der Waals surface area contributed by atoms with Crippen LogP contribution in [-0.4, -0.2) is 44.9 Å². The Hall–Kier alpha value is -3.83. The van der Waals surface area contributed by atoms with E-state index >= 15 is 0 Å². The maximum absolute atomic E-state index is 14.9. The SMILES string of the molecule is C=C[C@@H](Nc1nc(C)nc2cc(=O)n([C@]3(C(F)F)CCN(C(C)=O)C3)cc12)c1cccc(C(F)F)c1F. The Morgan fingerprint density at radius 2 is 1.92 bits per heavy atom. The van der Waals surface area contributed by atoms with Crippen molar-refractivity contribution in [3.05, 3.63) is 76.2 Å². The molecule has 1 fully saturated rings. The van der Waals surface area contributed by atoms with E-state index in [1.165, 1.54) is 36.2 Å². The van der Waals surface area contributed by atoms with Gasteiger partial charge in [0.25, 0.3) is 18.4 Å². The van der Waals surface area contributed by atoms with Crippen molar-refractivity contribution < 1.29 is 26.7 Å². The number of carbonyl (C=O) groups is 1. The summed E-state index contributed by atoms with van der Waals surface area (Å²) < 4.78 is 71.1. The zero-order chi connectivity index (χ0) is 27.1. The standard InChI is InChI=1S/C25H24F5N5O2/c1-4-18(15-6-5-7-16(21(15)26)22(27)28)33-23-17-11-35(20(37)10-19(17)31-13(2)32-23)25(24(29)30)8-9-34(12-25)14(3)36/h4-7,10-11,18,22,24H,1,8-9,12H2,2-3H3,(H,31,32,33)/t18-,25-/m1/s1. The van der Waals surface area contributed by atoms with E-state index in [0.29, 0.717) is 0 Å². The van der Waals surface area contributed by atoms with E-state index in [2.05, 4.69) is 21.9 Å². The summed E-state index contributed by atoms with van der Waals surface area (Å²) >= 11 is 0. The number of rotatable bonds is 7. The lowest BCUT2D eigenvalue weighted by molar-refractivity contribution is -0.128. The Morgan fingerprint density at radius 1 is 1.22 bits per heavy atom. The predicted octanol–water partition coefficient (Wildman–Crippen LogP) is 4.73. The largest absolute Gasteiger partial charge is 0.359 e. The molecule has 1 aliphatic heterocycles.